The van der Waals surface area contributed by atoms with Gasteiger partial charge in [0, 0.05) is 18.2 Å². The Labute approximate surface area is 174 Å². The molecule has 5 atom stereocenters. The summed E-state index contributed by atoms with van der Waals surface area (Å²) < 4.78 is 46.6. The number of aliphatic hydroxyl groups excluding tert-OH is 1. The Morgan fingerprint density at radius 2 is 1.77 bits per heavy atom. The molecule has 0 bridgehead atoms. The Kier molecular flexibility index (Phi) is 8.03. The molecule has 1 aromatic heterocycles. The molecule has 3 unspecified atom stereocenters. The van der Waals surface area contributed by atoms with Crippen molar-refractivity contribution < 1.29 is 51.5 Å². The second-order valence-corrected chi connectivity index (χ2v) is 10.8. The minimum Gasteiger partial charge on any atom is -0.393 e. The van der Waals surface area contributed by atoms with Gasteiger partial charge in [-0.05, 0) is 19.8 Å². The summed E-state index contributed by atoms with van der Waals surface area (Å²) in [5.41, 5.74) is -1.41. The third kappa shape index (κ3) is 7.61. The van der Waals surface area contributed by atoms with Gasteiger partial charge in [-0.3, -0.25) is 18.9 Å². The molecule has 1 aliphatic rings. The largest absolute Gasteiger partial charge is 0.490 e. The van der Waals surface area contributed by atoms with Crippen molar-refractivity contribution in [2.75, 3.05) is 6.61 Å². The van der Waals surface area contributed by atoms with E-state index in [0.29, 0.717) is 0 Å². The smallest absolute Gasteiger partial charge is 0.393 e. The van der Waals surface area contributed by atoms with E-state index in [1.807, 2.05) is 0 Å². The lowest BCUT2D eigenvalue weighted by atomic mass is 10.1. The van der Waals surface area contributed by atoms with Crippen LogP contribution in [0.15, 0.2) is 15.8 Å². The van der Waals surface area contributed by atoms with E-state index in [4.69, 9.17) is 14.7 Å². The highest BCUT2D eigenvalue weighted by atomic mass is 31.3. The number of phosphoric acid groups is 3. The van der Waals surface area contributed by atoms with E-state index < -0.39 is 59.4 Å². The fourth-order valence-electron chi connectivity index (χ4n) is 2.95. The van der Waals surface area contributed by atoms with Crippen molar-refractivity contribution in [3.63, 3.8) is 0 Å². The molecule has 6 N–H and O–H groups in total. The van der Waals surface area contributed by atoms with Crippen LogP contribution in [0.25, 0.3) is 0 Å². The maximum Gasteiger partial charge on any atom is 0.490 e. The first-order valence-corrected chi connectivity index (χ1v) is 12.9. The van der Waals surface area contributed by atoms with Crippen molar-refractivity contribution in [1.29, 1.82) is 0 Å². The van der Waals surface area contributed by atoms with Gasteiger partial charge in [-0.25, -0.2) is 18.5 Å². The monoisotopic (exact) mass is 504 g/mol. The number of H-pyrrole nitrogens is 1. The second-order valence-electron chi connectivity index (χ2n) is 6.42. The predicted molar refractivity (Wildman–Crippen MR) is 101 cm³/mol. The van der Waals surface area contributed by atoms with Crippen LogP contribution in [0.4, 0.5) is 0 Å². The van der Waals surface area contributed by atoms with E-state index in [2.05, 4.69) is 30.0 Å². The fourth-order valence-corrected chi connectivity index (χ4v) is 6.03. The van der Waals surface area contributed by atoms with Crippen LogP contribution in [0.5, 0.6) is 0 Å². The van der Waals surface area contributed by atoms with Gasteiger partial charge in [0.1, 0.15) is 5.56 Å². The fraction of sp³-hybridized carbons (Fsp3) is 0.538. The average molecular weight is 504 g/mol. The number of aromatic amines is 1. The number of aromatic nitrogens is 2. The van der Waals surface area contributed by atoms with Gasteiger partial charge >= 0.3 is 29.2 Å². The van der Waals surface area contributed by atoms with Gasteiger partial charge in [0.15, 0.2) is 0 Å². The minimum atomic E-state index is -5.65. The van der Waals surface area contributed by atoms with Gasteiger partial charge < -0.3 is 24.7 Å². The molecule has 0 aliphatic heterocycles. The van der Waals surface area contributed by atoms with Crippen molar-refractivity contribution >= 4 is 23.5 Å². The Bertz CT molecular complexity index is 1140. The highest BCUT2D eigenvalue weighted by molar-refractivity contribution is 7.66. The maximum absolute atomic E-state index is 12.1. The summed E-state index contributed by atoms with van der Waals surface area (Å²) in [6, 6.07) is -0.633. The molecule has 1 fully saturated rings. The molecule has 15 nitrogen and oxygen atoms in total. The van der Waals surface area contributed by atoms with Crippen molar-refractivity contribution in [2.45, 2.75) is 31.9 Å². The number of phosphoric ester groups is 1. The number of nitrogens with one attached hydrogen (secondary N) is 1. The Morgan fingerprint density at radius 3 is 2.35 bits per heavy atom. The predicted octanol–water partition coefficient (Wildman–Crippen LogP) is -0.437. The molecule has 174 valence electrons. The molecule has 0 saturated heterocycles. The molecule has 1 aromatic rings. The number of hydrogen-bond donors (Lipinski definition) is 6. The summed E-state index contributed by atoms with van der Waals surface area (Å²) in [6.45, 7) is 0.814. The van der Waals surface area contributed by atoms with Crippen molar-refractivity contribution in [1.82, 2.24) is 9.55 Å². The first-order valence-electron chi connectivity index (χ1n) is 8.37. The number of aliphatic hydroxyl groups is 1. The van der Waals surface area contributed by atoms with E-state index in [1.54, 1.807) is 0 Å². The van der Waals surface area contributed by atoms with Crippen LogP contribution in [0.1, 0.15) is 31.4 Å². The van der Waals surface area contributed by atoms with Crippen LogP contribution in [0.2, 0.25) is 0 Å². The standard InChI is InChI=1S/C13H19N2O13P3/c1-2-3-8-6-15(13(18)14-12(8)17)10-4-9(11(16)5-10)7-26-30(22,23)28-31(24,25)27-29(19,20)21/h6,9-11,16H,4-5,7H2,1H3,(H,22,23)(H,24,25)(H,14,17,18)(H2,19,20,21)/t9-,10-,11?/m1/s1. The molecular formula is C13H19N2O13P3. The van der Waals surface area contributed by atoms with E-state index in [0.717, 1.165) is 4.57 Å². The molecule has 0 spiro atoms. The van der Waals surface area contributed by atoms with Gasteiger partial charge in [-0.1, -0.05) is 5.92 Å². The van der Waals surface area contributed by atoms with Crippen molar-refractivity contribution in [2.24, 2.45) is 5.92 Å². The van der Waals surface area contributed by atoms with E-state index in [9.17, 15) is 33.3 Å². The minimum absolute atomic E-state index is 0.00929. The van der Waals surface area contributed by atoms with Crippen LogP contribution in [-0.4, -0.2) is 46.9 Å². The van der Waals surface area contributed by atoms with E-state index in [1.165, 1.54) is 13.1 Å². The van der Waals surface area contributed by atoms with Gasteiger partial charge in [0.2, 0.25) is 0 Å². The average Bonchev–Trinajstić information content (AvgIpc) is 2.93. The van der Waals surface area contributed by atoms with Crippen LogP contribution in [-0.2, 0) is 26.8 Å². The molecule has 2 rings (SSSR count). The van der Waals surface area contributed by atoms with Crippen molar-refractivity contribution in [3.8, 4) is 11.8 Å². The molecule has 18 heteroatoms. The molecule has 1 aliphatic carbocycles. The lowest BCUT2D eigenvalue weighted by molar-refractivity contribution is 0.0834. The molecule has 1 saturated carbocycles. The molecule has 0 amide bonds. The second kappa shape index (κ2) is 9.62. The summed E-state index contributed by atoms with van der Waals surface area (Å²) >= 11 is 0. The summed E-state index contributed by atoms with van der Waals surface area (Å²) in [4.78, 5) is 61.5. The summed E-state index contributed by atoms with van der Waals surface area (Å²) in [7, 11) is -16.5. The first-order chi connectivity index (χ1) is 14.1. The molecule has 0 radical (unpaired) electrons. The summed E-state index contributed by atoms with van der Waals surface area (Å²) in [5.74, 6) is 4.21. The quantitative estimate of drug-likeness (QED) is 0.195. The molecule has 0 aromatic carbocycles. The molecule has 1 heterocycles. The van der Waals surface area contributed by atoms with E-state index in [-0.39, 0.29) is 18.4 Å². The van der Waals surface area contributed by atoms with Crippen LogP contribution < -0.4 is 11.2 Å². The van der Waals surface area contributed by atoms with Gasteiger partial charge in [-0.2, -0.15) is 8.62 Å². The zero-order valence-corrected chi connectivity index (χ0v) is 18.4. The zero-order valence-electron chi connectivity index (χ0n) is 15.7. The van der Waals surface area contributed by atoms with Crippen LogP contribution >= 0.6 is 23.5 Å². The lowest BCUT2D eigenvalue weighted by Crippen LogP contribution is -2.33. The first kappa shape index (κ1) is 25.9. The van der Waals surface area contributed by atoms with Crippen LogP contribution in [0.3, 0.4) is 0 Å². The highest BCUT2D eigenvalue weighted by Crippen LogP contribution is 2.66. The SMILES string of the molecule is CC#Cc1cn([C@H]2CC(O)[C@@H](COP(=O)(O)OP(=O)(O)OP(=O)(O)O)C2)c(=O)[nH]c1=O. The Balaban J connectivity index is 2.08. The number of rotatable bonds is 8. The highest BCUT2D eigenvalue weighted by Gasteiger charge is 2.42. The topological polar surface area (TPSA) is 235 Å². The van der Waals surface area contributed by atoms with Gasteiger partial charge in [0.25, 0.3) is 5.56 Å². The van der Waals surface area contributed by atoms with Gasteiger partial charge in [0.05, 0.1) is 12.7 Å². The molecule has 31 heavy (non-hydrogen) atoms. The normalized spacial score (nSPS) is 25.3. The van der Waals surface area contributed by atoms with Crippen molar-refractivity contribution in [3.05, 3.63) is 32.6 Å². The van der Waals surface area contributed by atoms with E-state index >= 15 is 0 Å². The Morgan fingerprint density at radius 1 is 1.13 bits per heavy atom. The summed E-state index contributed by atoms with van der Waals surface area (Å²) in [6.07, 6.45) is 0.147. The molecular weight excluding hydrogens is 485 g/mol. The number of nitrogens with zero attached hydrogens (tertiary/aromatic N) is 1. The maximum atomic E-state index is 12.1. The lowest BCUT2D eigenvalue weighted by Gasteiger charge is -2.19. The van der Waals surface area contributed by atoms with Crippen LogP contribution in [0, 0.1) is 17.8 Å². The zero-order chi connectivity index (χ0) is 23.6. The third-order valence-electron chi connectivity index (χ3n) is 4.12. The third-order valence-corrected chi connectivity index (χ3v) is 7.92. The van der Waals surface area contributed by atoms with Gasteiger partial charge in [-0.15, -0.1) is 5.92 Å². The Hall–Kier alpha value is -1.39. The number of hydrogen-bond acceptors (Lipinski definition) is 9. The summed E-state index contributed by atoms with van der Waals surface area (Å²) in [5, 5.41) is 10.2.